The predicted molar refractivity (Wildman–Crippen MR) is 121 cm³/mol. The van der Waals surface area contributed by atoms with Gasteiger partial charge in [-0.15, -0.1) is 11.8 Å². The van der Waals surface area contributed by atoms with Gasteiger partial charge in [-0.3, -0.25) is 9.59 Å². The number of thioether (sulfide) groups is 1. The molecule has 2 heterocycles. The van der Waals surface area contributed by atoms with Gasteiger partial charge in [0.1, 0.15) is 5.75 Å². The van der Waals surface area contributed by atoms with Gasteiger partial charge in [0.05, 0.1) is 31.0 Å². The quantitative estimate of drug-likeness (QED) is 0.712. The van der Waals surface area contributed by atoms with Crippen molar-refractivity contribution in [2.24, 2.45) is 5.92 Å². The molecule has 4 rings (SSSR count). The average molecular weight is 436 g/mol. The highest BCUT2D eigenvalue weighted by molar-refractivity contribution is 8.01. The van der Waals surface area contributed by atoms with Crippen molar-refractivity contribution in [3.05, 3.63) is 59.2 Å². The molecule has 0 saturated carbocycles. The summed E-state index contributed by atoms with van der Waals surface area (Å²) in [5.41, 5.74) is 3.00. The molecule has 2 aromatic carbocycles. The first-order chi connectivity index (χ1) is 14.9. The molecule has 2 aliphatic rings. The van der Waals surface area contributed by atoms with E-state index in [9.17, 15) is 14.9 Å². The summed E-state index contributed by atoms with van der Waals surface area (Å²) >= 11 is 1.51. The van der Waals surface area contributed by atoms with Crippen molar-refractivity contribution in [1.29, 1.82) is 5.26 Å². The van der Waals surface area contributed by atoms with E-state index in [1.165, 1.54) is 11.8 Å². The number of rotatable bonds is 5. The number of carbonyl (C=O) groups is 2. The van der Waals surface area contributed by atoms with Crippen LogP contribution in [0.5, 0.6) is 5.75 Å². The second-order valence-corrected chi connectivity index (χ2v) is 9.51. The monoisotopic (exact) mass is 435 g/mol. The molecular formula is C24H25N3O3S. The van der Waals surface area contributed by atoms with Crippen LogP contribution in [0.25, 0.3) is 0 Å². The van der Waals surface area contributed by atoms with Gasteiger partial charge < -0.3 is 14.5 Å². The molecule has 0 unspecified atom stereocenters. The Balaban J connectivity index is 1.80. The van der Waals surface area contributed by atoms with E-state index in [-0.39, 0.29) is 17.7 Å². The lowest BCUT2D eigenvalue weighted by Gasteiger charge is -2.33. The number of anilines is 1. The Bertz CT molecular complexity index is 1080. The number of carbonyl (C=O) groups excluding carboxylic acids is 2. The summed E-state index contributed by atoms with van der Waals surface area (Å²) in [5.74, 6) is 1.45. The Morgan fingerprint density at radius 2 is 2.10 bits per heavy atom. The van der Waals surface area contributed by atoms with Crippen LogP contribution in [0.2, 0.25) is 0 Å². The first-order valence-corrected chi connectivity index (χ1v) is 11.3. The molecule has 1 spiro atoms. The van der Waals surface area contributed by atoms with Crippen molar-refractivity contribution in [3.63, 3.8) is 0 Å². The maximum Gasteiger partial charge on any atom is 0.268 e. The molecule has 1 atom stereocenters. The lowest BCUT2D eigenvalue weighted by atomic mass is 10.0. The first kappa shape index (κ1) is 21.3. The van der Waals surface area contributed by atoms with Crippen LogP contribution in [0.4, 0.5) is 5.69 Å². The number of hydrogen-bond donors (Lipinski definition) is 0. The zero-order valence-electron chi connectivity index (χ0n) is 17.9. The number of ether oxygens (including phenoxy) is 1. The standard InChI is InChI=1S/C24H25N3O3S/c1-16(2)11-22(28)27-9-10-31-24(27)20-13-19(30-3)7-8-21(20)26(23(24)29)15-18-6-4-5-17(12-18)14-25/h4-8,12-13,16H,9-11,15H2,1-3H3/t24-/m1/s1. The fourth-order valence-corrected chi connectivity index (χ4v) is 5.79. The summed E-state index contributed by atoms with van der Waals surface area (Å²) in [6.45, 7) is 4.89. The summed E-state index contributed by atoms with van der Waals surface area (Å²) in [7, 11) is 1.60. The zero-order valence-corrected chi connectivity index (χ0v) is 18.7. The molecule has 160 valence electrons. The number of amides is 2. The molecule has 6 nitrogen and oxygen atoms in total. The minimum absolute atomic E-state index is 0.00422. The summed E-state index contributed by atoms with van der Waals surface area (Å²) in [5, 5.41) is 9.23. The highest BCUT2D eigenvalue weighted by Gasteiger charge is 2.59. The van der Waals surface area contributed by atoms with Crippen LogP contribution >= 0.6 is 11.8 Å². The number of fused-ring (bicyclic) bond motifs is 2. The predicted octanol–water partition coefficient (Wildman–Crippen LogP) is 3.89. The fourth-order valence-electron chi connectivity index (χ4n) is 4.32. The summed E-state index contributed by atoms with van der Waals surface area (Å²) < 4.78 is 5.44. The number of nitriles is 1. The van der Waals surface area contributed by atoms with E-state index in [1.54, 1.807) is 29.0 Å². The van der Waals surface area contributed by atoms with Gasteiger partial charge in [-0.25, -0.2) is 0 Å². The van der Waals surface area contributed by atoms with E-state index in [0.717, 1.165) is 16.8 Å². The average Bonchev–Trinajstić information content (AvgIpc) is 3.30. The second-order valence-electron chi connectivity index (χ2n) is 8.22. The summed E-state index contributed by atoms with van der Waals surface area (Å²) in [6, 6.07) is 15.0. The number of hydrogen-bond acceptors (Lipinski definition) is 5. The van der Waals surface area contributed by atoms with E-state index < -0.39 is 4.87 Å². The molecule has 31 heavy (non-hydrogen) atoms. The largest absolute Gasteiger partial charge is 0.497 e. The molecule has 0 N–H and O–H groups in total. The fraction of sp³-hybridized carbons (Fsp3) is 0.375. The number of nitrogens with zero attached hydrogens (tertiary/aromatic N) is 3. The lowest BCUT2D eigenvalue weighted by molar-refractivity contribution is -0.140. The van der Waals surface area contributed by atoms with Crippen LogP contribution in [0, 0.1) is 17.2 Å². The molecule has 2 aliphatic heterocycles. The van der Waals surface area contributed by atoms with Gasteiger partial charge >= 0.3 is 0 Å². The maximum atomic E-state index is 14.0. The molecule has 0 bridgehead atoms. The van der Waals surface area contributed by atoms with Gasteiger partial charge in [-0.1, -0.05) is 26.0 Å². The molecule has 0 aromatic heterocycles. The van der Waals surface area contributed by atoms with Crippen molar-refractivity contribution in [3.8, 4) is 11.8 Å². The second kappa shape index (κ2) is 8.27. The molecule has 1 saturated heterocycles. The normalized spacial score (nSPS) is 19.8. The Morgan fingerprint density at radius 1 is 1.29 bits per heavy atom. The molecular weight excluding hydrogens is 410 g/mol. The van der Waals surface area contributed by atoms with Crippen LogP contribution in [0.15, 0.2) is 42.5 Å². The summed E-state index contributed by atoms with van der Waals surface area (Å²) in [4.78, 5) is 29.5. The van der Waals surface area contributed by atoms with Crippen molar-refractivity contribution < 1.29 is 14.3 Å². The van der Waals surface area contributed by atoms with Gasteiger partial charge in [0.25, 0.3) is 5.91 Å². The van der Waals surface area contributed by atoms with Crippen molar-refractivity contribution in [1.82, 2.24) is 4.90 Å². The molecule has 0 radical (unpaired) electrons. The Hall–Kier alpha value is -2.98. The number of methoxy groups -OCH3 is 1. The van der Waals surface area contributed by atoms with Crippen LogP contribution in [0.1, 0.15) is 37.0 Å². The zero-order chi connectivity index (χ0) is 22.2. The van der Waals surface area contributed by atoms with E-state index in [1.807, 2.05) is 44.2 Å². The maximum absolute atomic E-state index is 14.0. The Labute approximate surface area is 186 Å². The highest BCUT2D eigenvalue weighted by Crippen LogP contribution is 2.55. The lowest BCUT2D eigenvalue weighted by Crippen LogP contribution is -2.50. The molecule has 1 fully saturated rings. The minimum Gasteiger partial charge on any atom is -0.497 e. The minimum atomic E-state index is -1.07. The van der Waals surface area contributed by atoms with E-state index in [4.69, 9.17) is 4.74 Å². The third-order valence-corrected chi connectivity index (χ3v) is 7.10. The Morgan fingerprint density at radius 3 is 2.81 bits per heavy atom. The highest BCUT2D eigenvalue weighted by atomic mass is 32.2. The summed E-state index contributed by atoms with van der Waals surface area (Å²) in [6.07, 6.45) is 0.402. The third-order valence-electron chi connectivity index (χ3n) is 5.68. The molecule has 0 aliphatic carbocycles. The van der Waals surface area contributed by atoms with Crippen molar-refractivity contribution in [2.45, 2.75) is 31.7 Å². The SMILES string of the molecule is COc1ccc2c(c1)[C@@]1(SCCN1C(=O)CC(C)C)C(=O)N2Cc1cccc(C#N)c1. The van der Waals surface area contributed by atoms with Crippen molar-refractivity contribution in [2.75, 3.05) is 24.3 Å². The third kappa shape index (κ3) is 3.55. The van der Waals surface area contributed by atoms with Crippen LogP contribution < -0.4 is 9.64 Å². The van der Waals surface area contributed by atoms with Crippen molar-refractivity contribution >= 4 is 29.3 Å². The topological polar surface area (TPSA) is 73.6 Å². The molecule has 2 amide bonds. The van der Waals surface area contributed by atoms with Crippen LogP contribution in [0.3, 0.4) is 0 Å². The van der Waals surface area contributed by atoms with Gasteiger partial charge in [-0.2, -0.15) is 5.26 Å². The smallest absolute Gasteiger partial charge is 0.268 e. The Kier molecular flexibility index (Phi) is 5.67. The van der Waals surface area contributed by atoms with Crippen LogP contribution in [-0.2, 0) is 21.0 Å². The van der Waals surface area contributed by atoms with Gasteiger partial charge in [0.15, 0.2) is 4.87 Å². The first-order valence-electron chi connectivity index (χ1n) is 10.3. The van der Waals surface area contributed by atoms with Gasteiger partial charge in [0.2, 0.25) is 5.91 Å². The number of benzene rings is 2. The van der Waals surface area contributed by atoms with E-state index in [0.29, 0.717) is 36.6 Å². The van der Waals surface area contributed by atoms with E-state index in [2.05, 4.69) is 6.07 Å². The van der Waals surface area contributed by atoms with Gasteiger partial charge in [0, 0.05) is 24.3 Å². The molecule has 2 aromatic rings. The van der Waals surface area contributed by atoms with Gasteiger partial charge in [-0.05, 0) is 41.8 Å². The van der Waals surface area contributed by atoms with E-state index >= 15 is 0 Å². The van der Waals surface area contributed by atoms with Crippen LogP contribution in [-0.4, -0.2) is 36.1 Å². The molecule has 7 heteroatoms.